The number of rotatable bonds is 6. The van der Waals surface area contributed by atoms with E-state index in [4.69, 9.17) is 4.74 Å². The molecule has 1 fully saturated rings. The van der Waals surface area contributed by atoms with E-state index in [-0.39, 0.29) is 23.8 Å². The molecule has 144 valence electrons. The SMILES string of the molecule is Cc1ccc(C(=O)COC(=O)[C@H]2CCCCN2S(=O)(=O)c2ccccc2)s1. The van der Waals surface area contributed by atoms with E-state index in [1.54, 1.807) is 24.3 Å². The summed E-state index contributed by atoms with van der Waals surface area (Å²) in [7, 11) is -3.79. The second-order valence-corrected chi connectivity index (χ2v) is 9.56. The first-order valence-corrected chi connectivity index (χ1v) is 11.0. The van der Waals surface area contributed by atoms with Crippen LogP contribution < -0.4 is 0 Å². The normalized spacial score (nSPS) is 18.2. The summed E-state index contributed by atoms with van der Waals surface area (Å²) in [4.78, 5) is 26.4. The number of aryl methyl sites for hydroxylation is 1. The van der Waals surface area contributed by atoms with Crippen molar-refractivity contribution in [3.63, 3.8) is 0 Å². The fourth-order valence-corrected chi connectivity index (χ4v) is 5.50. The van der Waals surface area contributed by atoms with E-state index in [2.05, 4.69) is 0 Å². The van der Waals surface area contributed by atoms with Gasteiger partial charge in [-0.3, -0.25) is 9.59 Å². The number of ether oxygens (including phenoxy) is 1. The van der Waals surface area contributed by atoms with Crippen molar-refractivity contribution in [3.8, 4) is 0 Å². The molecule has 1 aliphatic heterocycles. The van der Waals surface area contributed by atoms with Gasteiger partial charge in [0, 0.05) is 11.4 Å². The van der Waals surface area contributed by atoms with Crippen LogP contribution >= 0.6 is 11.3 Å². The molecule has 6 nitrogen and oxygen atoms in total. The van der Waals surface area contributed by atoms with Crippen LogP contribution in [0.5, 0.6) is 0 Å². The number of carbonyl (C=O) groups excluding carboxylic acids is 2. The van der Waals surface area contributed by atoms with E-state index >= 15 is 0 Å². The van der Waals surface area contributed by atoms with Crippen molar-refractivity contribution in [1.29, 1.82) is 0 Å². The molecule has 0 unspecified atom stereocenters. The Morgan fingerprint density at radius 2 is 1.89 bits per heavy atom. The molecule has 2 aromatic rings. The van der Waals surface area contributed by atoms with Gasteiger partial charge in [0.1, 0.15) is 6.04 Å². The van der Waals surface area contributed by atoms with Gasteiger partial charge in [-0.05, 0) is 50.5 Å². The smallest absolute Gasteiger partial charge is 0.324 e. The Morgan fingerprint density at radius 1 is 1.15 bits per heavy atom. The molecule has 27 heavy (non-hydrogen) atoms. The minimum absolute atomic E-state index is 0.148. The third kappa shape index (κ3) is 4.45. The van der Waals surface area contributed by atoms with Crippen LogP contribution in [0.3, 0.4) is 0 Å². The first-order valence-electron chi connectivity index (χ1n) is 8.73. The van der Waals surface area contributed by atoms with Crippen molar-refractivity contribution in [1.82, 2.24) is 4.31 Å². The molecule has 1 aromatic carbocycles. The molecule has 0 saturated carbocycles. The van der Waals surface area contributed by atoms with Crippen LogP contribution in [-0.4, -0.2) is 43.7 Å². The van der Waals surface area contributed by atoms with E-state index in [0.29, 0.717) is 17.7 Å². The molecular formula is C19H21NO5S2. The maximum atomic E-state index is 12.9. The van der Waals surface area contributed by atoms with Crippen LogP contribution in [0.15, 0.2) is 47.4 Å². The van der Waals surface area contributed by atoms with Crippen LogP contribution in [0, 0.1) is 6.92 Å². The van der Waals surface area contributed by atoms with Gasteiger partial charge in [-0.2, -0.15) is 4.31 Å². The zero-order chi connectivity index (χ0) is 19.4. The Kier molecular flexibility index (Phi) is 6.08. The first-order chi connectivity index (χ1) is 12.9. The van der Waals surface area contributed by atoms with Crippen molar-refractivity contribution < 1.29 is 22.7 Å². The van der Waals surface area contributed by atoms with Gasteiger partial charge in [-0.15, -0.1) is 11.3 Å². The zero-order valence-corrected chi connectivity index (χ0v) is 16.6. The van der Waals surface area contributed by atoms with Crippen LogP contribution in [0.2, 0.25) is 0 Å². The Labute approximate surface area is 162 Å². The summed E-state index contributed by atoms with van der Waals surface area (Å²) in [5, 5.41) is 0. The Hall–Kier alpha value is -2.03. The molecule has 2 heterocycles. The number of ketones is 1. The van der Waals surface area contributed by atoms with Gasteiger partial charge in [0.05, 0.1) is 9.77 Å². The van der Waals surface area contributed by atoms with Crippen molar-refractivity contribution in [2.45, 2.75) is 37.1 Å². The minimum Gasteiger partial charge on any atom is -0.456 e. The van der Waals surface area contributed by atoms with Crippen molar-refractivity contribution in [3.05, 3.63) is 52.2 Å². The molecule has 1 atom stereocenters. The molecule has 1 saturated heterocycles. The highest BCUT2D eigenvalue weighted by Gasteiger charge is 2.38. The molecule has 0 radical (unpaired) electrons. The lowest BCUT2D eigenvalue weighted by Gasteiger charge is -2.32. The highest BCUT2D eigenvalue weighted by atomic mass is 32.2. The standard InChI is InChI=1S/C19H21NO5S2/c1-14-10-11-18(26-14)17(21)13-25-19(22)16-9-5-6-12-20(16)27(23,24)15-7-3-2-4-8-15/h2-4,7-8,10-11,16H,5-6,9,12-13H2,1H3/t16-/m1/s1. The lowest BCUT2D eigenvalue weighted by Crippen LogP contribution is -2.48. The molecule has 3 rings (SSSR count). The summed E-state index contributed by atoms with van der Waals surface area (Å²) in [6.07, 6.45) is 1.80. The van der Waals surface area contributed by atoms with Crippen LogP contribution in [0.4, 0.5) is 0 Å². The second-order valence-electron chi connectivity index (χ2n) is 6.38. The predicted octanol–water partition coefficient (Wildman–Crippen LogP) is 3.03. The average Bonchev–Trinajstić information content (AvgIpc) is 3.13. The average molecular weight is 408 g/mol. The van der Waals surface area contributed by atoms with Gasteiger partial charge in [0.25, 0.3) is 0 Å². The number of carbonyl (C=O) groups is 2. The fourth-order valence-electron chi connectivity index (χ4n) is 3.04. The maximum Gasteiger partial charge on any atom is 0.324 e. The fraction of sp³-hybridized carbons (Fsp3) is 0.368. The number of piperidine rings is 1. The molecule has 1 aliphatic rings. The summed E-state index contributed by atoms with van der Waals surface area (Å²) in [5.41, 5.74) is 0. The molecule has 0 aliphatic carbocycles. The number of benzene rings is 1. The van der Waals surface area contributed by atoms with Gasteiger partial charge in [-0.1, -0.05) is 18.2 Å². The number of hydrogen-bond donors (Lipinski definition) is 0. The van der Waals surface area contributed by atoms with E-state index in [0.717, 1.165) is 11.3 Å². The van der Waals surface area contributed by atoms with E-state index in [9.17, 15) is 18.0 Å². The van der Waals surface area contributed by atoms with Crippen molar-refractivity contribution >= 4 is 33.1 Å². The lowest BCUT2D eigenvalue weighted by atomic mass is 10.1. The zero-order valence-electron chi connectivity index (χ0n) is 15.0. The molecular weight excluding hydrogens is 386 g/mol. The Bertz CT molecular complexity index is 921. The summed E-state index contributed by atoms with van der Waals surface area (Å²) >= 11 is 1.34. The summed E-state index contributed by atoms with van der Waals surface area (Å²) in [6.45, 7) is 1.77. The van der Waals surface area contributed by atoms with Gasteiger partial charge in [-0.25, -0.2) is 8.42 Å². The molecule has 0 amide bonds. The summed E-state index contributed by atoms with van der Waals surface area (Å²) < 4.78 is 32.2. The van der Waals surface area contributed by atoms with Crippen molar-refractivity contribution in [2.24, 2.45) is 0 Å². The molecule has 0 spiro atoms. The lowest BCUT2D eigenvalue weighted by molar-refractivity contribution is -0.148. The van der Waals surface area contributed by atoms with E-state index in [1.807, 2.05) is 13.0 Å². The van der Waals surface area contributed by atoms with Gasteiger partial charge in [0.15, 0.2) is 6.61 Å². The van der Waals surface area contributed by atoms with Gasteiger partial charge < -0.3 is 4.74 Å². The highest BCUT2D eigenvalue weighted by molar-refractivity contribution is 7.89. The van der Waals surface area contributed by atoms with Crippen LogP contribution in [-0.2, 0) is 19.6 Å². The molecule has 1 aromatic heterocycles. The topological polar surface area (TPSA) is 80.8 Å². The molecule has 0 bridgehead atoms. The van der Waals surface area contributed by atoms with Crippen molar-refractivity contribution in [2.75, 3.05) is 13.2 Å². The van der Waals surface area contributed by atoms with Crippen LogP contribution in [0.1, 0.15) is 33.8 Å². The quantitative estimate of drug-likeness (QED) is 0.543. The summed E-state index contributed by atoms with van der Waals surface area (Å²) in [6, 6.07) is 10.7. The largest absolute Gasteiger partial charge is 0.456 e. The van der Waals surface area contributed by atoms with Gasteiger partial charge >= 0.3 is 5.97 Å². The number of thiophene rings is 1. The maximum absolute atomic E-state index is 12.9. The van der Waals surface area contributed by atoms with Crippen LogP contribution in [0.25, 0.3) is 0 Å². The minimum atomic E-state index is -3.79. The predicted molar refractivity (Wildman–Crippen MR) is 102 cm³/mol. The monoisotopic (exact) mass is 407 g/mol. The summed E-state index contributed by atoms with van der Waals surface area (Å²) in [5.74, 6) is -0.953. The number of nitrogens with zero attached hydrogens (tertiary/aromatic N) is 1. The second kappa shape index (κ2) is 8.33. The van der Waals surface area contributed by atoms with E-state index in [1.165, 1.54) is 27.8 Å². The Morgan fingerprint density at radius 3 is 2.56 bits per heavy atom. The third-order valence-electron chi connectivity index (χ3n) is 4.44. The molecule has 0 N–H and O–H groups in total. The highest BCUT2D eigenvalue weighted by Crippen LogP contribution is 2.26. The first kappa shape index (κ1) is 19.7. The number of esters is 1. The molecule has 8 heteroatoms. The number of Topliss-reactive ketones (excluding diaryl/α,β-unsaturated/α-hetero) is 1. The van der Waals surface area contributed by atoms with E-state index < -0.39 is 22.0 Å². The number of sulfonamides is 1. The Balaban J connectivity index is 1.71. The third-order valence-corrected chi connectivity index (χ3v) is 7.40. The van der Waals surface area contributed by atoms with Gasteiger partial charge in [0.2, 0.25) is 15.8 Å². The number of hydrogen-bond acceptors (Lipinski definition) is 6.